The minimum atomic E-state index is -0.427. The fraction of sp³-hybridized carbons (Fsp3) is 0.462. The summed E-state index contributed by atoms with van der Waals surface area (Å²) in [6.07, 6.45) is 3.35. The Kier molecular flexibility index (Phi) is 2.99. The smallest absolute Gasteiger partial charge is 0.399 e. The van der Waals surface area contributed by atoms with Gasteiger partial charge in [-0.2, -0.15) is 0 Å². The predicted octanol–water partition coefficient (Wildman–Crippen LogP) is 1.61. The van der Waals surface area contributed by atoms with Gasteiger partial charge in [0, 0.05) is 11.7 Å². The van der Waals surface area contributed by atoms with Gasteiger partial charge in [0.05, 0.1) is 22.6 Å². The van der Waals surface area contributed by atoms with Gasteiger partial charge in [-0.25, -0.2) is 0 Å². The third-order valence-corrected chi connectivity index (χ3v) is 3.69. The zero-order valence-corrected chi connectivity index (χ0v) is 11.4. The van der Waals surface area contributed by atoms with Crippen LogP contribution in [0.25, 0.3) is 6.08 Å². The maximum absolute atomic E-state index is 5.93. The quantitative estimate of drug-likeness (QED) is 0.805. The number of nitrogen functional groups attached to an aromatic ring is 1. The molecule has 1 fully saturated rings. The Hall–Kier alpha value is -1.33. The Morgan fingerprint density at radius 2 is 1.83 bits per heavy atom. The molecule has 1 aromatic heterocycles. The zero-order chi connectivity index (χ0) is 13.6. The minimum absolute atomic E-state index is 0.358. The Balaban J connectivity index is 2.30. The van der Waals surface area contributed by atoms with Crippen molar-refractivity contribution in [2.75, 3.05) is 5.73 Å². The van der Waals surface area contributed by atoms with Gasteiger partial charge in [-0.05, 0) is 39.8 Å². The summed E-state index contributed by atoms with van der Waals surface area (Å²) >= 11 is 0. The maximum Gasteiger partial charge on any atom is 0.496 e. The minimum Gasteiger partial charge on any atom is -0.399 e. The molecule has 1 aliphatic heterocycles. The van der Waals surface area contributed by atoms with Crippen molar-refractivity contribution < 1.29 is 9.31 Å². The average molecular weight is 246 g/mol. The molecule has 1 saturated heterocycles. The largest absolute Gasteiger partial charge is 0.496 e. The zero-order valence-electron chi connectivity index (χ0n) is 11.4. The fourth-order valence-electron chi connectivity index (χ4n) is 1.79. The molecule has 2 heterocycles. The second kappa shape index (κ2) is 4.11. The number of aromatic nitrogens is 1. The van der Waals surface area contributed by atoms with E-state index < -0.39 is 7.12 Å². The summed E-state index contributed by atoms with van der Waals surface area (Å²) in [4.78, 5) is 4.23. The molecule has 18 heavy (non-hydrogen) atoms. The Morgan fingerprint density at radius 1 is 1.28 bits per heavy atom. The number of nitrogens with two attached hydrogens (primary N) is 1. The number of rotatable bonds is 2. The molecule has 5 heteroatoms. The van der Waals surface area contributed by atoms with Gasteiger partial charge in [-0.1, -0.05) is 6.58 Å². The van der Waals surface area contributed by atoms with Gasteiger partial charge in [-0.3, -0.25) is 4.98 Å². The molecule has 0 unspecified atom stereocenters. The van der Waals surface area contributed by atoms with Gasteiger partial charge >= 0.3 is 7.12 Å². The SMILES string of the molecule is C=Cc1ncc(B2OC(C)(C)C(C)(C)O2)cc1N. The van der Waals surface area contributed by atoms with Crippen LogP contribution in [0.15, 0.2) is 18.8 Å². The van der Waals surface area contributed by atoms with Crippen molar-refractivity contribution in [3.05, 3.63) is 24.5 Å². The molecule has 1 aliphatic rings. The summed E-state index contributed by atoms with van der Waals surface area (Å²) in [5, 5.41) is 0. The van der Waals surface area contributed by atoms with E-state index in [0.29, 0.717) is 11.4 Å². The maximum atomic E-state index is 5.93. The molecule has 0 saturated carbocycles. The first kappa shape index (κ1) is 13.1. The summed E-state index contributed by atoms with van der Waals surface area (Å²) in [6, 6.07) is 1.83. The lowest BCUT2D eigenvalue weighted by molar-refractivity contribution is 0.00578. The summed E-state index contributed by atoms with van der Waals surface area (Å²) in [7, 11) is -0.427. The lowest BCUT2D eigenvalue weighted by atomic mass is 9.80. The van der Waals surface area contributed by atoms with E-state index in [0.717, 1.165) is 5.46 Å². The van der Waals surface area contributed by atoms with E-state index in [4.69, 9.17) is 15.0 Å². The highest BCUT2D eigenvalue weighted by Crippen LogP contribution is 2.36. The second-order valence-electron chi connectivity index (χ2n) is 5.54. The molecule has 2 N–H and O–H groups in total. The van der Waals surface area contributed by atoms with Crippen LogP contribution in [0.4, 0.5) is 5.69 Å². The fourth-order valence-corrected chi connectivity index (χ4v) is 1.79. The van der Waals surface area contributed by atoms with Gasteiger partial charge in [0.15, 0.2) is 0 Å². The van der Waals surface area contributed by atoms with Gasteiger partial charge < -0.3 is 15.0 Å². The predicted molar refractivity (Wildman–Crippen MR) is 74.5 cm³/mol. The molecule has 0 aromatic carbocycles. The molecule has 0 bridgehead atoms. The standard InChI is InChI=1S/C13H19BN2O2/c1-6-11-10(15)7-9(8-16-11)14-17-12(2,3)13(4,5)18-14/h6-8H,1,15H2,2-5H3. The molecule has 96 valence electrons. The van der Waals surface area contributed by atoms with Crippen LogP contribution in [0.2, 0.25) is 0 Å². The first-order chi connectivity index (χ1) is 8.27. The highest BCUT2D eigenvalue weighted by Gasteiger charge is 2.51. The summed E-state index contributed by atoms with van der Waals surface area (Å²) in [6.45, 7) is 11.7. The summed E-state index contributed by atoms with van der Waals surface area (Å²) in [5.74, 6) is 0. The van der Waals surface area contributed by atoms with Crippen LogP contribution in [0.3, 0.4) is 0 Å². The Bertz CT molecular complexity index is 470. The lowest BCUT2D eigenvalue weighted by Crippen LogP contribution is -2.41. The van der Waals surface area contributed by atoms with Crippen molar-refractivity contribution in [2.24, 2.45) is 0 Å². The van der Waals surface area contributed by atoms with Crippen LogP contribution >= 0.6 is 0 Å². The van der Waals surface area contributed by atoms with Crippen LogP contribution in [0.1, 0.15) is 33.4 Å². The van der Waals surface area contributed by atoms with E-state index in [-0.39, 0.29) is 11.2 Å². The Morgan fingerprint density at radius 3 is 2.28 bits per heavy atom. The van der Waals surface area contributed by atoms with Crippen LogP contribution in [-0.2, 0) is 9.31 Å². The normalized spacial score (nSPS) is 21.0. The summed E-state index contributed by atoms with van der Waals surface area (Å²) in [5.41, 5.74) is 7.26. The lowest BCUT2D eigenvalue weighted by Gasteiger charge is -2.32. The number of anilines is 1. The second-order valence-corrected chi connectivity index (χ2v) is 5.54. The van der Waals surface area contributed by atoms with Gasteiger partial charge in [0.1, 0.15) is 0 Å². The van der Waals surface area contributed by atoms with E-state index >= 15 is 0 Å². The average Bonchev–Trinajstić information content (AvgIpc) is 2.48. The van der Waals surface area contributed by atoms with Crippen molar-refractivity contribution >= 4 is 24.3 Å². The van der Waals surface area contributed by atoms with Gasteiger partial charge in [0.2, 0.25) is 0 Å². The van der Waals surface area contributed by atoms with Crippen LogP contribution in [-0.4, -0.2) is 23.3 Å². The molecule has 2 rings (SSSR count). The molecule has 0 radical (unpaired) electrons. The van der Waals surface area contributed by atoms with Crippen LogP contribution < -0.4 is 11.2 Å². The first-order valence-corrected chi connectivity index (χ1v) is 6.00. The van der Waals surface area contributed by atoms with E-state index in [9.17, 15) is 0 Å². The third-order valence-electron chi connectivity index (χ3n) is 3.69. The van der Waals surface area contributed by atoms with Crippen molar-refractivity contribution in [2.45, 2.75) is 38.9 Å². The Labute approximate surface area is 108 Å². The summed E-state index contributed by atoms with van der Waals surface area (Å²) < 4.78 is 11.9. The highest BCUT2D eigenvalue weighted by atomic mass is 16.7. The number of hydrogen-bond acceptors (Lipinski definition) is 4. The van der Waals surface area contributed by atoms with E-state index in [1.807, 2.05) is 33.8 Å². The van der Waals surface area contributed by atoms with Crippen LogP contribution in [0.5, 0.6) is 0 Å². The van der Waals surface area contributed by atoms with Crippen molar-refractivity contribution in [1.29, 1.82) is 0 Å². The molecule has 0 amide bonds. The molecular weight excluding hydrogens is 227 g/mol. The highest BCUT2D eigenvalue weighted by molar-refractivity contribution is 6.62. The van der Waals surface area contributed by atoms with Crippen molar-refractivity contribution in [1.82, 2.24) is 4.98 Å². The molecule has 4 nitrogen and oxygen atoms in total. The molecule has 0 spiro atoms. The van der Waals surface area contributed by atoms with Crippen molar-refractivity contribution in [3.8, 4) is 0 Å². The topological polar surface area (TPSA) is 57.4 Å². The molecule has 0 atom stereocenters. The first-order valence-electron chi connectivity index (χ1n) is 6.00. The van der Waals surface area contributed by atoms with E-state index in [1.54, 1.807) is 12.3 Å². The van der Waals surface area contributed by atoms with E-state index in [1.165, 1.54) is 0 Å². The van der Waals surface area contributed by atoms with E-state index in [2.05, 4.69) is 11.6 Å². The molecule has 1 aromatic rings. The number of hydrogen-bond donors (Lipinski definition) is 1. The third kappa shape index (κ3) is 2.04. The molecular formula is C13H19BN2O2. The van der Waals surface area contributed by atoms with Crippen molar-refractivity contribution in [3.63, 3.8) is 0 Å². The van der Waals surface area contributed by atoms with Gasteiger partial charge in [0.25, 0.3) is 0 Å². The molecule has 0 aliphatic carbocycles. The van der Waals surface area contributed by atoms with Gasteiger partial charge in [-0.15, -0.1) is 0 Å². The number of pyridine rings is 1. The number of nitrogens with zero attached hydrogens (tertiary/aromatic N) is 1. The van der Waals surface area contributed by atoms with Crippen LogP contribution in [0, 0.1) is 0 Å². The monoisotopic (exact) mass is 246 g/mol.